The summed E-state index contributed by atoms with van der Waals surface area (Å²) in [5, 5.41) is 8.86. The molecule has 2 aliphatic rings. The summed E-state index contributed by atoms with van der Waals surface area (Å²) >= 11 is 1.39. The van der Waals surface area contributed by atoms with Crippen LogP contribution in [0.2, 0.25) is 0 Å². The Labute approximate surface area is 123 Å². The summed E-state index contributed by atoms with van der Waals surface area (Å²) in [7, 11) is 0. The van der Waals surface area contributed by atoms with Gasteiger partial charge in [0.2, 0.25) is 11.1 Å². The molecule has 1 aromatic rings. The number of hydrogen-bond acceptors (Lipinski definition) is 5. The zero-order valence-electron chi connectivity index (χ0n) is 11.8. The fourth-order valence-electron chi connectivity index (χ4n) is 2.64. The van der Waals surface area contributed by atoms with Crippen LogP contribution in [0.5, 0.6) is 0 Å². The molecule has 2 fully saturated rings. The van der Waals surface area contributed by atoms with E-state index in [2.05, 4.69) is 17.1 Å². The molecular weight excluding hydrogens is 274 g/mol. The van der Waals surface area contributed by atoms with Gasteiger partial charge in [0.15, 0.2) is 5.82 Å². The number of carbonyl (C=O) groups excluding carboxylic acids is 1. The Hall–Kier alpha value is -1.24. The maximum Gasteiger partial charge on any atom is 0.233 e. The number of nitrogen functional groups attached to an aromatic ring is 1. The van der Waals surface area contributed by atoms with Crippen LogP contribution in [0.3, 0.4) is 0 Å². The van der Waals surface area contributed by atoms with Crippen molar-refractivity contribution in [2.75, 3.05) is 24.7 Å². The lowest BCUT2D eigenvalue weighted by Crippen LogP contribution is -2.40. The van der Waals surface area contributed by atoms with E-state index >= 15 is 0 Å². The van der Waals surface area contributed by atoms with Crippen molar-refractivity contribution in [3.63, 3.8) is 0 Å². The molecule has 1 saturated carbocycles. The number of aromatic nitrogens is 3. The third kappa shape index (κ3) is 2.92. The van der Waals surface area contributed by atoms with E-state index < -0.39 is 0 Å². The predicted octanol–water partition coefficient (Wildman–Crippen LogP) is 1.22. The Morgan fingerprint density at radius 3 is 2.90 bits per heavy atom. The van der Waals surface area contributed by atoms with Crippen LogP contribution in [0.4, 0.5) is 0 Å². The van der Waals surface area contributed by atoms with E-state index in [1.807, 2.05) is 4.90 Å². The predicted molar refractivity (Wildman–Crippen MR) is 77.8 cm³/mol. The highest BCUT2D eigenvalue weighted by molar-refractivity contribution is 7.99. The first-order valence-corrected chi connectivity index (χ1v) is 8.24. The summed E-state index contributed by atoms with van der Waals surface area (Å²) in [5.41, 5.74) is 0. The van der Waals surface area contributed by atoms with Crippen LogP contribution in [-0.2, 0) is 4.79 Å². The zero-order valence-corrected chi connectivity index (χ0v) is 12.6. The smallest absolute Gasteiger partial charge is 0.233 e. The van der Waals surface area contributed by atoms with Gasteiger partial charge < -0.3 is 10.7 Å². The summed E-state index contributed by atoms with van der Waals surface area (Å²) in [6.07, 6.45) is 4.62. The molecule has 1 aromatic heterocycles. The van der Waals surface area contributed by atoms with Gasteiger partial charge in [-0.05, 0) is 31.6 Å². The summed E-state index contributed by atoms with van der Waals surface area (Å²) < 4.78 is 1.55. The molecule has 1 atom stereocenters. The molecule has 0 radical (unpaired) electrons. The topological polar surface area (TPSA) is 77.0 Å². The fraction of sp³-hybridized carbons (Fsp3) is 0.769. The van der Waals surface area contributed by atoms with Crippen LogP contribution >= 0.6 is 11.8 Å². The molecule has 3 rings (SSSR count). The lowest BCUT2D eigenvalue weighted by Gasteiger charge is -2.30. The van der Waals surface area contributed by atoms with Gasteiger partial charge in [0.05, 0.1) is 5.75 Å². The van der Waals surface area contributed by atoms with Gasteiger partial charge in [0.25, 0.3) is 0 Å². The van der Waals surface area contributed by atoms with E-state index in [1.54, 1.807) is 4.68 Å². The van der Waals surface area contributed by atoms with Crippen LogP contribution in [0.25, 0.3) is 0 Å². The minimum atomic E-state index is 0.178. The van der Waals surface area contributed by atoms with Crippen molar-refractivity contribution in [1.29, 1.82) is 0 Å². The Morgan fingerprint density at radius 1 is 1.40 bits per heavy atom. The minimum Gasteiger partial charge on any atom is -0.342 e. The zero-order chi connectivity index (χ0) is 14.1. The number of rotatable bonds is 4. The van der Waals surface area contributed by atoms with E-state index in [-0.39, 0.29) is 5.91 Å². The van der Waals surface area contributed by atoms with Gasteiger partial charge in [-0.3, -0.25) is 4.79 Å². The largest absolute Gasteiger partial charge is 0.342 e. The van der Waals surface area contributed by atoms with Crippen LogP contribution in [0, 0.1) is 5.92 Å². The SMILES string of the molecule is C[C@@H]1CCCN(C(=O)CSc2nnc(C3CC3)n2N)C1. The Kier molecular flexibility index (Phi) is 3.87. The van der Waals surface area contributed by atoms with Crippen molar-refractivity contribution < 1.29 is 4.79 Å². The normalized spacial score (nSPS) is 23.1. The maximum absolute atomic E-state index is 12.2. The molecule has 0 aromatic carbocycles. The summed E-state index contributed by atoms with van der Waals surface area (Å²) in [6.45, 7) is 3.96. The third-order valence-corrected chi connectivity index (χ3v) is 4.90. The van der Waals surface area contributed by atoms with Gasteiger partial charge in [-0.2, -0.15) is 0 Å². The van der Waals surface area contributed by atoms with Gasteiger partial charge in [-0.15, -0.1) is 10.2 Å². The highest BCUT2D eigenvalue weighted by Crippen LogP contribution is 2.39. The summed E-state index contributed by atoms with van der Waals surface area (Å²) in [6, 6.07) is 0. The number of piperidine rings is 1. The first kappa shape index (κ1) is 13.7. The Bertz CT molecular complexity index is 499. The standard InChI is InChI=1S/C13H21N5OS/c1-9-3-2-6-17(7-9)11(19)8-20-13-16-15-12(18(13)14)10-4-5-10/h9-10H,2-8,14H2,1H3/t9-/m1/s1. The molecule has 1 saturated heterocycles. The van der Waals surface area contributed by atoms with Crippen molar-refractivity contribution in [2.24, 2.45) is 5.92 Å². The van der Waals surface area contributed by atoms with Crippen LogP contribution < -0.4 is 5.84 Å². The average molecular weight is 295 g/mol. The molecule has 2 heterocycles. The number of nitrogens with zero attached hydrogens (tertiary/aromatic N) is 4. The molecule has 2 N–H and O–H groups in total. The minimum absolute atomic E-state index is 0.178. The van der Waals surface area contributed by atoms with E-state index in [1.165, 1.54) is 18.2 Å². The van der Waals surface area contributed by atoms with Crippen molar-refractivity contribution >= 4 is 17.7 Å². The molecule has 6 nitrogen and oxygen atoms in total. The van der Waals surface area contributed by atoms with E-state index in [0.717, 1.165) is 38.2 Å². The number of carbonyl (C=O) groups is 1. The molecule has 1 aliphatic heterocycles. The lowest BCUT2D eigenvalue weighted by molar-refractivity contribution is -0.130. The van der Waals surface area contributed by atoms with Crippen LogP contribution in [0.15, 0.2) is 5.16 Å². The number of amides is 1. The summed E-state index contributed by atoms with van der Waals surface area (Å²) in [5.74, 6) is 8.49. The monoisotopic (exact) mass is 295 g/mol. The number of hydrogen-bond donors (Lipinski definition) is 1. The molecule has 0 bridgehead atoms. The highest BCUT2D eigenvalue weighted by Gasteiger charge is 2.30. The van der Waals surface area contributed by atoms with Crippen molar-refractivity contribution in [2.45, 2.75) is 43.7 Å². The molecule has 1 amide bonds. The van der Waals surface area contributed by atoms with Gasteiger partial charge in [-0.25, -0.2) is 4.68 Å². The van der Waals surface area contributed by atoms with Gasteiger partial charge in [-0.1, -0.05) is 18.7 Å². The summed E-state index contributed by atoms with van der Waals surface area (Å²) in [4.78, 5) is 14.1. The van der Waals surface area contributed by atoms with Gasteiger partial charge >= 0.3 is 0 Å². The molecule has 7 heteroatoms. The molecule has 1 aliphatic carbocycles. The quantitative estimate of drug-likeness (QED) is 0.667. The number of thioether (sulfide) groups is 1. The Morgan fingerprint density at radius 2 is 2.20 bits per heavy atom. The molecule has 20 heavy (non-hydrogen) atoms. The fourth-order valence-corrected chi connectivity index (χ4v) is 3.41. The number of nitrogens with two attached hydrogens (primary N) is 1. The number of likely N-dealkylation sites (tertiary alicyclic amines) is 1. The van der Waals surface area contributed by atoms with Crippen molar-refractivity contribution in [1.82, 2.24) is 19.8 Å². The first-order chi connectivity index (χ1) is 9.65. The highest BCUT2D eigenvalue weighted by atomic mass is 32.2. The van der Waals surface area contributed by atoms with Gasteiger partial charge in [0, 0.05) is 19.0 Å². The average Bonchev–Trinajstić information content (AvgIpc) is 3.21. The van der Waals surface area contributed by atoms with E-state index in [4.69, 9.17) is 5.84 Å². The molecule has 0 unspecified atom stereocenters. The Balaban J connectivity index is 1.54. The second-order valence-electron chi connectivity index (χ2n) is 5.86. The van der Waals surface area contributed by atoms with Crippen LogP contribution in [0.1, 0.15) is 44.3 Å². The lowest BCUT2D eigenvalue weighted by atomic mass is 10.0. The second kappa shape index (κ2) is 5.63. The van der Waals surface area contributed by atoms with E-state index in [0.29, 0.717) is 22.7 Å². The van der Waals surface area contributed by atoms with Crippen LogP contribution in [-0.4, -0.2) is 44.5 Å². The second-order valence-corrected chi connectivity index (χ2v) is 6.80. The molecule has 0 spiro atoms. The van der Waals surface area contributed by atoms with Crippen molar-refractivity contribution in [3.05, 3.63) is 5.82 Å². The van der Waals surface area contributed by atoms with E-state index in [9.17, 15) is 4.79 Å². The van der Waals surface area contributed by atoms with Crippen molar-refractivity contribution in [3.8, 4) is 0 Å². The maximum atomic E-state index is 12.2. The first-order valence-electron chi connectivity index (χ1n) is 7.26. The molecular formula is C13H21N5OS. The third-order valence-electron chi connectivity index (χ3n) is 3.97. The molecule has 110 valence electrons. The van der Waals surface area contributed by atoms with Gasteiger partial charge in [0.1, 0.15) is 0 Å².